The van der Waals surface area contributed by atoms with E-state index >= 15 is 0 Å². The fourth-order valence-corrected chi connectivity index (χ4v) is 2.49. The van der Waals surface area contributed by atoms with Crippen LogP contribution in [0, 0.1) is 10.1 Å². The molecule has 0 atom stereocenters. The van der Waals surface area contributed by atoms with E-state index in [4.69, 9.17) is 9.47 Å². The Hall–Kier alpha value is -2.76. The van der Waals surface area contributed by atoms with E-state index in [1.165, 1.54) is 12.1 Å². The molecule has 29 heavy (non-hydrogen) atoms. The van der Waals surface area contributed by atoms with Crippen LogP contribution in [0.2, 0.25) is 0 Å². The maximum absolute atomic E-state index is 10.7. The Morgan fingerprint density at radius 2 is 1.72 bits per heavy atom. The van der Waals surface area contributed by atoms with E-state index in [1.807, 2.05) is 18.2 Å². The van der Waals surface area contributed by atoms with E-state index in [1.54, 1.807) is 33.4 Å². The third kappa shape index (κ3) is 7.64. The van der Waals surface area contributed by atoms with Crippen LogP contribution in [0.4, 0.5) is 11.4 Å². The number of nitrogens with one attached hydrogen (secondary N) is 3. The molecule has 0 saturated carbocycles. The lowest BCUT2D eigenvalue weighted by atomic mass is 10.2. The number of methoxy groups -OCH3 is 2. The predicted octanol–water partition coefficient (Wildman–Crippen LogP) is 3.01. The molecule has 2 aromatic carbocycles. The van der Waals surface area contributed by atoms with Gasteiger partial charge in [0.2, 0.25) is 0 Å². The van der Waals surface area contributed by atoms with Gasteiger partial charge < -0.3 is 25.4 Å². The zero-order valence-corrected chi connectivity index (χ0v) is 18.9. The minimum Gasteiger partial charge on any atom is -0.493 e. The van der Waals surface area contributed by atoms with Crippen molar-refractivity contribution >= 4 is 41.3 Å². The molecule has 2 rings (SSSR count). The zero-order valence-electron chi connectivity index (χ0n) is 16.6. The number of guanidine groups is 1. The van der Waals surface area contributed by atoms with E-state index < -0.39 is 4.92 Å². The van der Waals surface area contributed by atoms with Gasteiger partial charge in [0.15, 0.2) is 17.5 Å². The summed E-state index contributed by atoms with van der Waals surface area (Å²) in [6, 6.07) is 12.0. The topological polar surface area (TPSA) is 110 Å². The van der Waals surface area contributed by atoms with Gasteiger partial charge in [-0.2, -0.15) is 0 Å². The molecule has 2 aromatic rings. The van der Waals surface area contributed by atoms with Crippen molar-refractivity contribution in [3.8, 4) is 11.5 Å². The molecule has 9 nitrogen and oxygen atoms in total. The Bertz CT molecular complexity index is 815. The first kappa shape index (κ1) is 24.3. The van der Waals surface area contributed by atoms with E-state index in [2.05, 4.69) is 20.9 Å². The fourth-order valence-electron chi connectivity index (χ4n) is 2.49. The summed E-state index contributed by atoms with van der Waals surface area (Å²) in [5.74, 6) is 2.03. The van der Waals surface area contributed by atoms with E-state index in [0.29, 0.717) is 37.1 Å². The van der Waals surface area contributed by atoms with Gasteiger partial charge in [-0.15, -0.1) is 24.0 Å². The minimum atomic E-state index is -0.417. The molecular weight excluding hydrogens is 489 g/mol. The lowest BCUT2D eigenvalue weighted by Crippen LogP contribution is -2.39. The van der Waals surface area contributed by atoms with Crippen molar-refractivity contribution < 1.29 is 14.4 Å². The fraction of sp³-hybridized carbons (Fsp3) is 0.316. The number of nitro benzene ring substituents is 1. The molecule has 0 saturated heterocycles. The van der Waals surface area contributed by atoms with Crippen molar-refractivity contribution in [3.05, 3.63) is 58.1 Å². The number of anilines is 1. The highest BCUT2D eigenvalue weighted by molar-refractivity contribution is 14.0. The number of halogens is 1. The van der Waals surface area contributed by atoms with Gasteiger partial charge in [0.1, 0.15) is 0 Å². The highest BCUT2D eigenvalue weighted by atomic mass is 127. The van der Waals surface area contributed by atoms with Gasteiger partial charge in [-0.05, 0) is 29.8 Å². The van der Waals surface area contributed by atoms with Crippen LogP contribution >= 0.6 is 24.0 Å². The molecule has 0 aliphatic carbocycles. The number of nitrogens with zero attached hydrogens (tertiary/aromatic N) is 2. The molecule has 0 amide bonds. The van der Waals surface area contributed by atoms with Crippen LogP contribution in [-0.4, -0.2) is 45.2 Å². The van der Waals surface area contributed by atoms with Crippen molar-refractivity contribution in [2.75, 3.05) is 39.7 Å². The van der Waals surface area contributed by atoms with Crippen LogP contribution in [0.1, 0.15) is 5.56 Å². The summed E-state index contributed by atoms with van der Waals surface area (Å²) in [5.41, 5.74) is 1.92. The van der Waals surface area contributed by atoms with E-state index in [-0.39, 0.29) is 29.7 Å². The highest BCUT2D eigenvalue weighted by Gasteiger charge is 2.06. The summed E-state index contributed by atoms with van der Waals surface area (Å²) >= 11 is 0. The van der Waals surface area contributed by atoms with Crippen LogP contribution < -0.4 is 25.4 Å². The van der Waals surface area contributed by atoms with Crippen LogP contribution in [0.15, 0.2) is 47.5 Å². The number of benzene rings is 2. The standard InChI is InChI=1S/C19H25N5O4.HI/c1-20-19(23-13-14-4-9-17(27-2)18(12-14)28-3)22-11-10-21-15-5-7-16(8-6-15)24(25)26;/h4-9,12,21H,10-11,13H2,1-3H3,(H2,20,22,23);1H. The quantitative estimate of drug-likeness (QED) is 0.118. The second-order valence-corrected chi connectivity index (χ2v) is 5.77. The number of ether oxygens (including phenoxy) is 2. The third-order valence-electron chi connectivity index (χ3n) is 3.96. The van der Waals surface area contributed by atoms with Gasteiger partial charge in [0, 0.05) is 44.5 Å². The smallest absolute Gasteiger partial charge is 0.269 e. The lowest BCUT2D eigenvalue weighted by Gasteiger charge is -2.14. The largest absolute Gasteiger partial charge is 0.493 e. The second-order valence-electron chi connectivity index (χ2n) is 5.77. The molecule has 0 heterocycles. The Balaban J connectivity index is 0.00000420. The van der Waals surface area contributed by atoms with Gasteiger partial charge in [-0.25, -0.2) is 0 Å². The molecule has 0 bridgehead atoms. The Labute approximate surface area is 187 Å². The number of rotatable bonds is 9. The maximum Gasteiger partial charge on any atom is 0.269 e. The molecule has 0 aliphatic rings. The molecule has 0 spiro atoms. The molecular formula is C19H26IN5O4. The average Bonchev–Trinajstić information content (AvgIpc) is 2.73. The van der Waals surface area contributed by atoms with Gasteiger partial charge in [0.25, 0.3) is 5.69 Å². The van der Waals surface area contributed by atoms with Crippen LogP contribution in [0.5, 0.6) is 11.5 Å². The van der Waals surface area contributed by atoms with Gasteiger partial charge in [0.05, 0.1) is 19.1 Å². The molecule has 10 heteroatoms. The lowest BCUT2D eigenvalue weighted by molar-refractivity contribution is -0.384. The first-order valence-corrected chi connectivity index (χ1v) is 8.71. The molecule has 0 fully saturated rings. The predicted molar refractivity (Wildman–Crippen MR) is 125 cm³/mol. The van der Waals surface area contributed by atoms with Crippen LogP contribution in [0.25, 0.3) is 0 Å². The van der Waals surface area contributed by atoms with Gasteiger partial charge >= 0.3 is 0 Å². The Kier molecular flexibility index (Phi) is 10.6. The van der Waals surface area contributed by atoms with Gasteiger partial charge in [-0.1, -0.05) is 6.07 Å². The summed E-state index contributed by atoms with van der Waals surface area (Å²) in [5, 5.41) is 20.3. The Morgan fingerprint density at radius 3 is 2.31 bits per heavy atom. The number of aliphatic imine (C=N–C) groups is 1. The zero-order chi connectivity index (χ0) is 20.4. The first-order valence-electron chi connectivity index (χ1n) is 8.71. The average molecular weight is 515 g/mol. The third-order valence-corrected chi connectivity index (χ3v) is 3.96. The molecule has 158 valence electrons. The summed E-state index contributed by atoms with van der Waals surface area (Å²) in [6.45, 7) is 1.84. The van der Waals surface area contributed by atoms with E-state index in [0.717, 1.165) is 11.3 Å². The Morgan fingerprint density at radius 1 is 1.03 bits per heavy atom. The maximum atomic E-state index is 10.7. The van der Waals surface area contributed by atoms with Gasteiger partial charge in [-0.3, -0.25) is 15.1 Å². The monoisotopic (exact) mass is 515 g/mol. The number of non-ortho nitro benzene ring substituents is 1. The molecule has 3 N–H and O–H groups in total. The van der Waals surface area contributed by atoms with Crippen molar-refractivity contribution in [1.82, 2.24) is 10.6 Å². The van der Waals surface area contributed by atoms with Crippen molar-refractivity contribution in [2.45, 2.75) is 6.54 Å². The molecule has 0 aromatic heterocycles. The van der Waals surface area contributed by atoms with Crippen molar-refractivity contribution in [1.29, 1.82) is 0 Å². The SMILES string of the molecule is CN=C(NCCNc1ccc([N+](=O)[O-])cc1)NCc1ccc(OC)c(OC)c1.I. The van der Waals surface area contributed by atoms with Crippen molar-refractivity contribution in [3.63, 3.8) is 0 Å². The second kappa shape index (κ2) is 12.6. The van der Waals surface area contributed by atoms with Crippen LogP contribution in [-0.2, 0) is 6.54 Å². The number of nitro groups is 1. The normalized spacial score (nSPS) is 10.5. The summed E-state index contributed by atoms with van der Waals surface area (Å²) in [4.78, 5) is 14.4. The summed E-state index contributed by atoms with van der Waals surface area (Å²) in [6.07, 6.45) is 0. The van der Waals surface area contributed by atoms with Crippen molar-refractivity contribution in [2.24, 2.45) is 4.99 Å². The highest BCUT2D eigenvalue weighted by Crippen LogP contribution is 2.27. The molecule has 0 radical (unpaired) electrons. The molecule has 0 aliphatic heterocycles. The molecule has 0 unspecified atom stereocenters. The summed E-state index contributed by atoms with van der Waals surface area (Å²) < 4.78 is 10.5. The number of hydrogen-bond acceptors (Lipinski definition) is 6. The number of hydrogen-bond donors (Lipinski definition) is 3. The van der Waals surface area contributed by atoms with E-state index in [9.17, 15) is 10.1 Å². The first-order chi connectivity index (χ1) is 13.6. The summed E-state index contributed by atoms with van der Waals surface area (Å²) in [7, 11) is 4.91. The van der Waals surface area contributed by atoms with Crippen LogP contribution in [0.3, 0.4) is 0 Å². The minimum absolute atomic E-state index is 0.